The van der Waals surface area contributed by atoms with Crippen molar-refractivity contribution in [3.8, 4) is 5.75 Å². The fraction of sp³-hybridized carbons (Fsp3) is 0.571. The smallest absolute Gasteiger partial charge is 0.126 e. The van der Waals surface area contributed by atoms with E-state index in [9.17, 15) is 0 Å². The minimum Gasteiger partial charge on any atom is -0.487 e. The minimum atomic E-state index is -0.0911. The van der Waals surface area contributed by atoms with Gasteiger partial charge in [-0.25, -0.2) is 0 Å². The van der Waals surface area contributed by atoms with Crippen LogP contribution in [0.3, 0.4) is 0 Å². The lowest BCUT2D eigenvalue weighted by Crippen LogP contribution is -2.34. The molecule has 0 bridgehead atoms. The van der Waals surface area contributed by atoms with Crippen LogP contribution < -0.4 is 16.2 Å². The lowest BCUT2D eigenvalue weighted by Gasteiger charge is -2.35. The zero-order chi connectivity index (χ0) is 12.8. The second-order valence-electron chi connectivity index (χ2n) is 5.52. The van der Waals surface area contributed by atoms with Crippen LogP contribution in [0.25, 0.3) is 0 Å². The summed E-state index contributed by atoms with van der Waals surface area (Å²) in [6.07, 6.45) is 2.01. The molecule has 0 fully saturated rings. The molecule has 0 amide bonds. The van der Waals surface area contributed by atoms with Crippen LogP contribution in [0.15, 0.2) is 0 Å². The molecule has 0 saturated heterocycles. The van der Waals surface area contributed by atoms with Gasteiger partial charge >= 0.3 is 0 Å². The van der Waals surface area contributed by atoms with Gasteiger partial charge in [0.05, 0.1) is 0 Å². The van der Waals surface area contributed by atoms with Gasteiger partial charge in [-0.15, -0.1) is 0 Å². The van der Waals surface area contributed by atoms with Gasteiger partial charge in [0.2, 0.25) is 0 Å². The van der Waals surface area contributed by atoms with Gasteiger partial charge in [0.25, 0.3) is 0 Å². The summed E-state index contributed by atoms with van der Waals surface area (Å²) in [6.45, 7) is 8.85. The molecule has 17 heavy (non-hydrogen) atoms. The Hall–Kier alpha value is -1.22. The number of fused-ring (bicyclic) bond motifs is 1. The molecule has 0 spiro atoms. The highest BCUT2D eigenvalue weighted by molar-refractivity contribution is 5.66. The van der Waals surface area contributed by atoms with Crippen LogP contribution in [0, 0.1) is 13.8 Å². The predicted molar refractivity (Wildman–Crippen MR) is 71.2 cm³/mol. The first kappa shape index (κ1) is 12.2. The number of nitrogens with two attached hydrogens (primary N) is 2. The van der Waals surface area contributed by atoms with Crippen LogP contribution in [0.1, 0.15) is 42.5 Å². The first-order valence-corrected chi connectivity index (χ1v) is 6.17. The number of ether oxygens (including phenoxy) is 1. The third-order valence-corrected chi connectivity index (χ3v) is 3.83. The van der Waals surface area contributed by atoms with Gasteiger partial charge < -0.3 is 16.2 Å². The molecule has 0 aromatic heterocycles. The summed E-state index contributed by atoms with van der Waals surface area (Å²) in [5, 5.41) is 0. The van der Waals surface area contributed by atoms with Crippen LogP contribution in [0.5, 0.6) is 5.75 Å². The molecule has 1 aromatic rings. The van der Waals surface area contributed by atoms with Gasteiger partial charge in [0.1, 0.15) is 11.4 Å². The number of hydrogen-bond acceptors (Lipinski definition) is 3. The highest BCUT2D eigenvalue weighted by atomic mass is 16.5. The lowest BCUT2D eigenvalue weighted by atomic mass is 9.87. The minimum absolute atomic E-state index is 0.0911. The summed E-state index contributed by atoms with van der Waals surface area (Å²) in [4.78, 5) is 0. The summed E-state index contributed by atoms with van der Waals surface area (Å²) in [6, 6.07) is 0. The quantitative estimate of drug-likeness (QED) is 0.734. The first-order valence-electron chi connectivity index (χ1n) is 6.17. The van der Waals surface area contributed by atoms with E-state index in [1.54, 1.807) is 0 Å². The molecule has 0 saturated carbocycles. The van der Waals surface area contributed by atoms with Crippen molar-refractivity contribution in [1.29, 1.82) is 0 Å². The van der Waals surface area contributed by atoms with E-state index in [0.717, 1.165) is 41.0 Å². The molecular weight excluding hydrogens is 212 g/mol. The molecule has 0 unspecified atom stereocenters. The number of nitrogen functional groups attached to an aromatic ring is 1. The molecule has 1 aliphatic rings. The van der Waals surface area contributed by atoms with Crippen molar-refractivity contribution in [2.75, 3.05) is 5.73 Å². The van der Waals surface area contributed by atoms with E-state index >= 15 is 0 Å². The predicted octanol–water partition coefficient (Wildman–Crippen LogP) is 2.45. The van der Waals surface area contributed by atoms with E-state index in [0.29, 0.717) is 6.54 Å². The molecule has 0 aliphatic carbocycles. The number of benzene rings is 1. The molecular formula is C14H22N2O. The standard InChI is InChI=1S/C14H22N2O/c1-8-9(2)13-10(11(7-15)12(8)16)5-6-14(3,4)17-13/h5-7,15-16H2,1-4H3. The van der Waals surface area contributed by atoms with E-state index in [1.807, 2.05) is 6.92 Å². The van der Waals surface area contributed by atoms with Crippen molar-refractivity contribution in [1.82, 2.24) is 0 Å². The summed E-state index contributed by atoms with van der Waals surface area (Å²) >= 11 is 0. The first-order chi connectivity index (χ1) is 7.87. The van der Waals surface area contributed by atoms with E-state index in [4.69, 9.17) is 16.2 Å². The fourth-order valence-corrected chi connectivity index (χ4v) is 2.51. The fourth-order valence-electron chi connectivity index (χ4n) is 2.51. The van der Waals surface area contributed by atoms with Crippen molar-refractivity contribution in [3.05, 3.63) is 22.3 Å². The second kappa shape index (κ2) is 3.91. The Kier molecular flexibility index (Phi) is 2.82. The molecule has 3 nitrogen and oxygen atoms in total. The maximum atomic E-state index is 6.15. The Balaban J connectivity index is 2.66. The summed E-state index contributed by atoms with van der Waals surface area (Å²) < 4.78 is 6.12. The molecule has 1 aliphatic heterocycles. The van der Waals surface area contributed by atoms with Crippen LogP contribution in [-0.2, 0) is 13.0 Å². The number of anilines is 1. The van der Waals surface area contributed by atoms with Gasteiger partial charge in [-0.3, -0.25) is 0 Å². The van der Waals surface area contributed by atoms with Gasteiger partial charge in [-0.05, 0) is 57.2 Å². The monoisotopic (exact) mass is 234 g/mol. The Morgan fingerprint density at radius 2 is 1.88 bits per heavy atom. The SMILES string of the molecule is Cc1c(C)c2c(c(CN)c1N)CCC(C)(C)O2. The Morgan fingerprint density at radius 3 is 2.47 bits per heavy atom. The largest absolute Gasteiger partial charge is 0.487 e. The molecule has 4 N–H and O–H groups in total. The summed E-state index contributed by atoms with van der Waals surface area (Å²) in [5.41, 5.74) is 17.3. The van der Waals surface area contributed by atoms with Crippen LogP contribution in [0.2, 0.25) is 0 Å². The van der Waals surface area contributed by atoms with Crippen LogP contribution >= 0.6 is 0 Å². The average molecular weight is 234 g/mol. The highest BCUT2D eigenvalue weighted by Gasteiger charge is 2.30. The second-order valence-corrected chi connectivity index (χ2v) is 5.52. The van der Waals surface area contributed by atoms with Crippen molar-refractivity contribution in [3.63, 3.8) is 0 Å². The van der Waals surface area contributed by atoms with E-state index in [1.165, 1.54) is 5.56 Å². The van der Waals surface area contributed by atoms with E-state index in [-0.39, 0.29) is 5.60 Å². The maximum absolute atomic E-state index is 6.15. The van der Waals surface area contributed by atoms with Crippen molar-refractivity contribution in [2.45, 2.75) is 52.7 Å². The van der Waals surface area contributed by atoms with E-state index in [2.05, 4.69) is 20.8 Å². The third kappa shape index (κ3) is 1.89. The van der Waals surface area contributed by atoms with Gasteiger partial charge in [-0.2, -0.15) is 0 Å². The Bertz CT molecular complexity index is 464. The summed E-state index contributed by atoms with van der Waals surface area (Å²) in [7, 11) is 0. The Labute approximate surface area is 103 Å². The number of rotatable bonds is 1. The lowest BCUT2D eigenvalue weighted by molar-refractivity contribution is 0.0833. The normalized spacial score (nSPS) is 17.5. The molecule has 0 radical (unpaired) electrons. The summed E-state index contributed by atoms with van der Waals surface area (Å²) in [5.74, 6) is 1.01. The molecule has 3 heteroatoms. The van der Waals surface area contributed by atoms with Crippen molar-refractivity contribution in [2.24, 2.45) is 5.73 Å². The zero-order valence-electron chi connectivity index (χ0n) is 11.2. The number of hydrogen-bond donors (Lipinski definition) is 2. The van der Waals surface area contributed by atoms with Crippen molar-refractivity contribution < 1.29 is 4.74 Å². The zero-order valence-corrected chi connectivity index (χ0v) is 11.2. The molecule has 0 atom stereocenters. The maximum Gasteiger partial charge on any atom is 0.126 e. The highest BCUT2D eigenvalue weighted by Crippen LogP contribution is 2.41. The topological polar surface area (TPSA) is 61.3 Å². The average Bonchev–Trinajstić information content (AvgIpc) is 2.27. The van der Waals surface area contributed by atoms with Gasteiger partial charge in [-0.1, -0.05) is 0 Å². The Morgan fingerprint density at radius 1 is 1.24 bits per heavy atom. The van der Waals surface area contributed by atoms with E-state index < -0.39 is 0 Å². The van der Waals surface area contributed by atoms with Crippen LogP contribution in [0.4, 0.5) is 5.69 Å². The van der Waals surface area contributed by atoms with Gasteiger partial charge in [0, 0.05) is 17.8 Å². The molecule has 2 rings (SSSR count). The molecule has 94 valence electrons. The molecule has 1 aromatic carbocycles. The van der Waals surface area contributed by atoms with Gasteiger partial charge in [0.15, 0.2) is 0 Å². The molecule has 1 heterocycles. The third-order valence-electron chi connectivity index (χ3n) is 3.83. The van der Waals surface area contributed by atoms with Crippen molar-refractivity contribution >= 4 is 5.69 Å². The van der Waals surface area contributed by atoms with Crippen LogP contribution in [-0.4, -0.2) is 5.60 Å².